The van der Waals surface area contributed by atoms with Gasteiger partial charge in [-0.05, 0) is 67.1 Å². The van der Waals surface area contributed by atoms with Crippen LogP contribution in [0.1, 0.15) is 27.0 Å². The van der Waals surface area contributed by atoms with Crippen molar-refractivity contribution in [2.75, 3.05) is 5.32 Å². The standard InChI is InChI=1S/C22H16F5N3O2/c1-11-8-13(23)3-7-18(11)32-19-9-12(22(25,26)27)2-5-15(19)21(31)30-14-4-6-17(24)16(10-14)20(28)29/h2-10H,1H3,(H3,28,29)(H,30,31). The van der Waals surface area contributed by atoms with E-state index in [0.717, 1.165) is 30.3 Å². The van der Waals surface area contributed by atoms with Crippen LogP contribution in [0.3, 0.4) is 0 Å². The van der Waals surface area contributed by atoms with Gasteiger partial charge in [0, 0.05) is 5.69 Å². The molecule has 32 heavy (non-hydrogen) atoms. The van der Waals surface area contributed by atoms with Crippen LogP contribution in [0.4, 0.5) is 27.6 Å². The molecule has 1 amide bonds. The van der Waals surface area contributed by atoms with Crippen molar-refractivity contribution in [2.24, 2.45) is 5.73 Å². The van der Waals surface area contributed by atoms with Gasteiger partial charge in [-0.3, -0.25) is 10.2 Å². The number of amides is 1. The van der Waals surface area contributed by atoms with Gasteiger partial charge in [-0.2, -0.15) is 13.2 Å². The lowest BCUT2D eigenvalue weighted by Gasteiger charge is -2.16. The number of halogens is 5. The topological polar surface area (TPSA) is 88.2 Å². The quantitative estimate of drug-likeness (QED) is 0.268. The number of amidine groups is 1. The Balaban J connectivity index is 2.00. The van der Waals surface area contributed by atoms with Gasteiger partial charge >= 0.3 is 6.18 Å². The maximum Gasteiger partial charge on any atom is 0.416 e. The molecule has 10 heteroatoms. The van der Waals surface area contributed by atoms with Crippen molar-refractivity contribution >= 4 is 17.4 Å². The van der Waals surface area contributed by atoms with Crippen molar-refractivity contribution in [3.63, 3.8) is 0 Å². The number of ether oxygens (including phenoxy) is 1. The fraction of sp³-hybridized carbons (Fsp3) is 0.0909. The van der Waals surface area contributed by atoms with Crippen LogP contribution < -0.4 is 15.8 Å². The van der Waals surface area contributed by atoms with E-state index in [2.05, 4.69) is 5.32 Å². The number of carbonyl (C=O) groups is 1. The molecule has 3 rings (SSSR count). The van der Waals surface area contributed by atoms with Crippen LogP contribution in [-0.2, 0) is 6.18 Å². The van der Waals surface area contributed by atoms with Gasteiger partial charge in [0.1, 0.15) is 29.0 Å². The molecule has 0 spiro atoms. The second kappa shape index (κ2) is 8.66. The second-order valence-electron chi connectivity index (χ2n) is 6.78. The number of rotatable bonds is 5. The molecule has 0 aliphatic rings. The summed E-state index contributed by atoms with van der Waals surface area (Å²) >= 11 is 0. The molecule has 0 aromatic heterocycles. The van der Waals surface area contributed by atoms with Crippen molar-refractivity contribution in [1.29, 1.82) is 5.41 Å². The number of nitrogens with two attached hydrogens (primary N) is 1. The van der Waals surface area contributed by atoms with Gasteiger partial charge in [0.15, 0.2) is 0 Å². The van der Waals surface area contributed by atoms with Crippen LogP contribution in [0.15, 0.2) is 54.6 Å². The first-order valence-electron chi connectivity index (χ1n) is 9.06. The molecule has 3 aromatic rings. The summed E-state index contributed by atoms with van der Waals surface area (Å²) in [7, 11) is 0. The van der Waals surface area contributed by atoms with Gasteiger partial charge in [0.2, 0.25) is 0 Å². The molecule has 0 fully saturated rings. The molecule has 0 saturated heterocycles. The highest BCUT2D eigenvalue weighted by atomic mass is 19.4. The van der Waals surface area contributed by atoms with Crippen LogP contribution in [0.25, 0.3) is 0 Å². The summed E-state index contributed by atoms with van der Waals surface area (Å²) in [4.78, 5) is 12.8. The summed E-state index contributed by atoms with van der Waals surface area (Å²) in [5.41, 5.74) is 4.10. The first-order valence-corrected chi connectivity index (χ1v) is 9.06. The molecule has 5 nitrogen and oxygen atoms in total. The Kier molecular flexibility index (Phi) is 6.15. The smallest absolute Gasteiger partial charge is 0.416 e. The van der Waals surface area contributed by atoms with Crippen LogP contribution in [0.5, 0.6) is 11.5 Å². The largest absolute Gasteiger partial charge is 0.456 e. The fourth-order valence-corrected chi connectivity index (χ4v) is 2.82. The molecular weight excluding hydrogens is 433 g/mol. The lowest BCUT2D eigenvalue weighted by molar-refractivity contribution is -0.137. The van der Waals surface area contributed by atoms with Crippen molar-refractivity contribution in [3.8, 4) is 11.5 Å². The first kappa shape index (κ1) is 22.7. The molecule has 0 radical (unpaired) electrons. The summed E-state index contributed by atoms with van der Waals surface area (Å²) in [6, 6.07) is 9.03. The highest BCUT2D eigenvalue weighted by molar-refractivity contribution is 6.07. The van der Waals surface area contributed by atoms with E-state index >= 15 is 0 Å². The van der Waals surface area contributed by atoms with Crippen molar-refractivity contribution in [3.05, 3.63) is 88.5 Å². The number of carbonyl (C=O) groups excluding carboxylic acids is 1. The monoisotopic (exact) mass is 449 g/mol. The number of hydrogen-bond acceptors (Lipinski definition) is 3. The molecule has 0 bridgehead atoms. The number of nitrogens with one attached hydrogen (secondary N) is 2. The van der Waals surface area contributed by atoms with E-state index in [1.54, 1.807) is 0 Å². The lowest BCUT2D eigenvalue weighted by atomic mass is 10.1. The van der Waals surface area contributed by atoms with Gasteiger partial charge in [-0.25, -0.2) is 8.78 Å². The SMILES string of the molecule is Cc1cc(F)ccc1Oc1cc(C(F)(F)F)ccc1C(=O)Nc1ccc(F)c(C(=N)N)c1. The molecule has 0 saturated carbocycles. The van der Waals surface area contributed by atoms with Crippen LogP contribution in [0.2, 0.25) is 0 Å². The van der Waals surface area contributed by atoms with E-state index in [-0.39, 0.29) is 22.6 Å². The van der Waals surface area contributed by atoms with E-state index in [4.69, 9.17) is 15.9 Å². The average Bonchev–Trinajstić information content (AvgIpc) is 2.70. The van der Waals surface area contributed by atoms with Gasteiger partial charge in [0.25, 0.3) is 5.91 Å². The van der Waals surface area contributed by atoms with Crippen molar-refractivity contribution in [2.45, 2.75) is 13.1 Å². The fourth-order valence-electron chi connectivity index (χ4n) is 2.82. The van der Waals surface area contributed by atoms with Gasteiger partial charge in [-0.1, -0.05) is 0 Å². The van der Waals surface area contributed by atoms with E-state index in [0.29, 0.717) is 17.7 Å². The van der Waals surface area contributed by atoms with E-state index in [9.17, 15) is 26.7 Å². The molecule has 0 unspecified atom stereocenters. The number of aryl methyl sites for hydroxylation is 1. The molecule has 0 aliphatic heterocycles. The predicted octanol–water partition coefficient (Wildman–Crippen LogP) is 5.62. The van der Waals surface area contributed by atoms with Crippen LogP contribution in [-0.4, -0.2) is 11.7 Å². The Bertz CT molecular complexity index is 1210. The van der Waals surface area contributed by atoms with Crippen molar-refractivity contribution in [1.82, 2.24) is 0 Å². The Morgan fingerprint density at radius 2 is 1.69 bits per heavy atom. The van der Waals surface area contributed by atoms with E-state index in [1.165, 1.54) is 19.1 Å². The molecule has 0 atom stereocenters. The predicted molar refractivity (Wildman–Crippen MR) is 108 cm³/mol. The number of benzene rings is 3. The summed E-state index contributed by atoms with van der Waals surface area (Å²) < 4.78 is 72.2. The molecule has 3 aromatic carbocycles. The highest BCUT2D eigenvalue weighted by Crippen LogP contribution is 2.36. The molecule has 0 aliphatic carbocycles. The molecule has 4 N–H and O–H groups in total. The molecular formula is C22H16F5N3O2. The first-order chi connectivity index (χ1) is 15.0. The van der Waals surface area contributed by atoms with Crippen LogP contribution >= 0.6 is 0 Å². The zero-order chi connectivity index (χ0) is 23.6. The Hall–Kier alpha value is -3.95. The van der Waals surface area contributed by atoms with Crippen molar-refractivity contribution < 1.29 is 31.5 Å². The summed E-state index contributed by atoms with van der Waals surface area (Å²) in [6.45, 7) is 1.49. The summed E-state index contributed by atoms with van der Waals surface area (Å²) in [5.74, 6) is -3.12. The summed E-state index contributed by atoms with van der Waals surface area (Å²) in [6.07, 6.45) is -4.70. The number of nitrogen functional groups attached to an aromatic ring is 1. The highest BCUT2D eigenvalue weighted by Gasteiger charge is 2.32. The minimum Gasteiger partial charge on any atom is -0.456 e. The van der Waals surface area contributed by atoms with Gasteiger partial charge < -0.3 is 15.8 Å². The van der Waals surface area contributed by atoms with Gasteiger partial charge in [0.05, 0.1) is 16.7 Å². The Morgan fingerprint density at radius 3 is 2.31 bits per heavy atom. The molecule has 166 valence electrons. The third kappa shape index (κ3) is 5.02. The Labute approximate surface area is 179 Å². The minimum absolute atomic E-state index is 0.0559. The number of alkyl halides is 3. The third-order valence-corrected chi connectivity index (χ3v) is 4.42. The maximum atomic E-state index is 13.7. The van der Waals surface area contributed by atoms with Gasteiger partial charge in [-0.15, -0.1) is 0 Å². The molecule has 0 heterocycles. The number of anilines is 1. The minimum atomic E-state index is -4.70. The van der Waals surface area contributed by atoms with E-state index < -0.39 is 40.9 Å². The van der Waals surface area contributed by atoms with E-state index in [1.807, 2.05) is 0 Å². The zero-order valence-corrected chi connectivity index (χ0v) is 16.5. The zero-order valence-electron chi connectivity index (χ0n) is 16.5. The normalized spacial score (nSPS) is 11.2. The second-order valence-corrected chi connectivity index (χ2v) is 6.78. The Morgan fingerprint density at radius 1 is 0.969 bits per heavy atom. The number of hydrogen-bond donors (Lipinski definition) is 3. The van der Waals surface area contributed by atoms with Crippen LogP contribution in [0, 0.1) is 24.0 Å². The third-order valence-electron chi connectivity index (χ3n) is 4.42. The maximum absolute atomic E-state index is 13.7. The summed E-state index contributed by atoms with van der Waals surface area (Å²) in [5, 5.41) is 9.78. The average molecular weight is 449 g/mol. The lowest BCUT2D eigenvalue weighted by Crippen LogP contribution is -2.17.